The van der Waals surface area contributed by atoms with Crippen LogP contribution in [0.3, 0.4) is 0 Å². The fourth-order valence-corrected chi connectivity index (χ4v) is 3.30. The first-order valence-corrected chi connectivity index (χ1v) is 7.82. The summed E-state index contributed by atoms with van der Waals surface area (Å²) < 4.78 is 0. The molecule has 0 aromatic heterocycles. The Bertz CT molecular complexity index is 432. The van der Waals surface area contributed by atoms with E-state index in [1.807, 2.05) is 20.8 Å². The van der Waals surface area contributed by atoms with E-state index in [0.717, 1.165) is 0 Å². The van der Waals surface area contributed by atoms with Gasteiger partial charge < -0.3 is 5.32 Å². The van der Waals surface area contributed by atoms with E-state index in [1.165, 1.54) is 31.2 Å². The lowest BCUT2D eigenvalue weighted by molar-refractivity contribution is -0.123. The van der Waals surface area contributed by atoms with Crippen molar-refractivity contribution in [1.82, 2.24) is 5.32 Å². The summed E-state index contributed by atoms with van der Waals surface area (Å²) in [4.78, 5) is 12.2. The fourth-order valence-electron chi connectivity index (χ4n) is 3.30. The fraction of sp³-hybridized carbons (Fsp3) is 0.611. The van der Waals surface area contributed by atoms with Gasteiger partial charge in [-0.05, 0) is 51.0 Å². The number of nitrogens with one attached hydrogen (secondary N) is 1. The lowest BCUT2D eigenvalue weighted by atomic mass is 9.74. The molecule has 1 N–H and O–H groups in total. The smallest absolute Gasteiger partial charge is 0.220 e. The van der Waals surface area contributed by atoms with Crippen molar-refractivity contribution in [3.05, 3.63) is 35.9 Å². The van der Waals surface area contributed by atoms with E-state index in [4.69, 9.17) is 0 Å². The minimum atomic E-state index is -0.131. The minimum absolute atomic E-state index is 0.131. The maximum absolute atomic E-state index is 12.2. The third kappa shape index (κ3) is 4.36. The van der Waals surface area contributed by atoms with Crippen molar-refractivity contribution in [2.75, 3.05) is 0 Å². The topological polar surface area (TPSA) is 29.1 Å². The van der Waals surface area contributed by atoms with Gasteiger partial charge >= 0.3 is 0 Å². The van der Waals surface area contributed by atoms with E-state index >= 15 is 0 Å². The Morgan fingerprint density at radius 2 is 1.80 bits per heavy atom. The average Bonchev–Trinajstić information content (AvgIpc) is 2.38. The highest BCUT2D eigenvalue weighted by molar-refractivity contribution is 5.77. The Morgan fingerprint density at radius 1 is 1.15 bits per heavy atom. The standard InChI is InChI=1S/C18H27NO/c1-18(2,3)19-17(20)13-15-11-7-8-12-16(15)14-9-5-4-6-10-14/h4-6,9-10,15-16H,7-8,11-13H2,1-3H3,(H,19,20). The number of carbonyl (C=O) groups excluding carboxylic acids is 1. The third-order valence-corrected chi connectivity index (χ3v) is 4.10. The molecule has 1 aliphatic carbocycles. The van der Waals surface area contributed by atoms with Crippen LogP contribution in [0.1, 0.15) is 64.4 Å². The molecule has 2 unspecified atom stereocenters. The molecule has 0 spiro atoms. The van der Waals surface area contributed by atoms with Crippen LogP contribution in [-0.4, -0.2) is 11.4 Å². The summed E-state index contributed by atoms with van der Waals surface area (Å²) in [6.45, 7) is 6.13. The highest BCUT2D eigenvalue weighted by atomic mass is 16.1. The molecule has 1 amide bonds. The Hall–Kier alpha value is -1.31. The molecule has 0 radical (unpaired) electrons. The van der Waals surface area contributed by atoms with Crippen LogP contribution in [0.4, 0.5) is 0 Å². The molecule has 110 valence electrons. The molecule has 0 heterocycles. The van der Waals surface area contributed by atoms with Crippen molar-refractivity contribution < 1.29 is 4.79 Å². The summed E-state index contributed by atoms with van der Waals surface area (Å²) in [7, 11) is 0. The van der Waals surface area contributed by atoms with Crippen LogP contribution in [-0.2, 0) is 4.79 Å². The first-order chi connectivity index (χ1) is 9.46. The second-order valence-corrected chi connectivity index (χ2v) is 7.06. The molecule has 1 aliphatic rings. The molecule has 1 saturated carbocycles. The molecule has 2 heteroatoms. The first-order valence-electron chi connectivity index (χ1n) is 7.82. The first kappa shape index (κ1) is 15.1. The molecular weight excluding hydrogens is 246 g/mol. The van der Waals surface area contributed by atoms with E-state index in [0.29, 0.717) is 18.3 Å². The Morgan fingerprint density at radius 3 is 2.45 bits per heavy atom. The molecule has 0 saturated heterocycles. The molecule has 2 atom stereocenters. The summed E-state index contributed by atoms with van der Waals surface area (Å²) in [5.74, 6) is 1.24. The van der Waals surface area contributed by atoms with Crippen LogP contribution >= 0.6 is 0 Å². The van der Waals surface area contributed by atoms with Crippen molar-refractivity contribution in [2.24, 2.45) is 5.92 Å². The maximum atomic E-state index is 12.2. The van der Waals surface area contributed by atoms with Gasteiger partial charge in [-0.15, -0.1) is 0 Å². The van der Waals surface area contributed by atoms with Crippen molar-refractivity contribution in [3.63, 3.8) is 0 Å². The van der Waals surface area contributed by atoms with E-state index < -0.39 is 0 Å². The van der Waals surface area contributed by atoms with Gasteiger partial charge in [0.15, 0.2) is 0 Å². The lowest BCUT2D eigenvalue weighted by Crippen LogP contribution is -2.41. The van der Waals surface area contributed by atoms with Gasteiger partial charge in [-0.2, -0.15) is 0 Å². The van der Waals surface area contributed by atoms with Crippen LogP contribution in [0.2, 0.25) is 0 Å². The normalized spacial score (nSPS) is 23.4. The zero-order chi connectivity index (χ0) is 14.6. The van der Waals surface area contributed by atoms with E-state index in [2.05, 4.69) is 35.6 Å². The number of rotatable bonds is 3. The molecule has 0 aliphatic heterocycles. The lowest BCUT2D eigenvalue weighted by Gasteiger charge is -2.32. The van der Waals surface area contributed by atoms with Crippen LogP contribution in [0.25, 0.3) is 0 Å². The van der Waals surface area contributed by atoms with Crippen LogP contribution < -0.4 is 5.32 Å². The summed E-state index contributed by atoms with van der Waals surface area (Å²) >= 11 is 0. The van der Waals surface area contributed by atoms with Gasteiger partial charge in [0, 0.05) is 12.0 Å². The molecule has 1 fully saturated rings. The molecule has 0 bridgehead atoms. The van der Waals surface area contributed by atoms with E-state index in [9.17, 15) is 4.79 Å². The van der Waals surface area contributed by atoms with Crippen LogP contribution in [0.5, 0.6) is 0 Å². The van der Waals surface area contributed by atoms with Crippen molar-refractivity contribution >= 4 is 5.91 Å². The average molecular weight is 273 g/mol. The predicted octanol–water partition coefficient (Wildman–Crippen LogP) is 4.27. The van der Waals surface area contributed by atoms with Crippen molar-refractivity contribution in [2.45, 2.75) is 64.3 Å². The largest absolute Gasteiger partial charge is 0.352 e. The summed E-state index contributed by atoms with van der Waals surface area (Å²) in [5.41, 5.74) is 1.27. The van der Waals surface area contributed by atoms with Crippen molar-refractivity contribution in [3.8, 4) is 0 Å². The second-order valence-electron chi connectivity index (χ2n) is 7.06. The third-order valence-electron chi connectivity index (χ3n) is 4.10. The number of amides is 1. The van der Waals surface area contributed by atoms with E-state index in [1.54, 1.807) is 0 Å². The molecule has 20 heavy (non-hydrogen) atoms. The molecular formula is C18H27NO. The quantitative estimate of drug-likeness (QED) is 0.875. The number of hydrogen-bond donors (Lipinski definition) is 1. The molecule has 2 rings (SSSR count). The number of carbonyl (C=O) groups is 1. The number of hydrogen-bond acceptors (Lipinski definition) is 1. The summed E-state index contributed by atoms with van der Waals surface area (Å²) in [6.07, 6.45) is 5.61. The van der Waals surface area contributed by atoms with Gasteiger partial charge in [-0.3, -0.25) is 4.79 Å². The zero-order valence-electron chi connectivity index (χ0n) is 13.0. The highest BCUT2D eigenvalue weighted by Gasteiger charge is 2.29. The monoisotopic (exact) mass is 273 g/mol. The van der Waals surface area contributed by atoms with E-state index in [-0.39, 0.29) is 11.4 Å². The maximum Gasteiger partial charge on any atom is 0.220 e. The summed E-state index contributed by atoms with van der Waals surface area (Å²) in [6, 6.07) is 10.7. The molecule has 1 aromatic carbocycles. The summed E-state index contributed by atoms with van der Waals surface area (Å²) in [5, 5.41) is 3.10. The van der Waals surface area contributed by atoms with Gasteiger partial charge in [-0.25, -0.2) is 0 Å². The predicted molar refractivity (Wildman–Crippen MR) is 83.7 cm³/mol. The van der Waals surface area contributed by atoms with Crippen molar-refractivity contribution in [1.29, 1.82) is 0 Å². The van der Waals surface area contributed by atoms with Crippen LogP contribution in [0.15, 0.2) is 30.3 Å². The van der Waals surface area contributed by atoms with Gasteiger partial charge in [0.25, 0.3) is 0 Å². The minimum Gasteiger partial charge on any atom is -0.352 e. The Balaban J connectivity index is 2.03. The SMILES string of the molecule is CC(C)(C)NC(=O)CC1CCCCC1c1ccccc1. The molecule has 1 aromatic rings. The Labute approximate surface area is 123 Å². The second kappa shape index (κ2) is 6.43. The van der Waals surface area contributed by atoms with Gasteiger partial charge in [0.1, 0.15) is 0 Å². The van der Waals surface area contributed by atoms with Crippen LogP contribution in [0, 0.1) is 5.92 Å². The zero-order valence-corrected chi connectivity index (χ0v) is 13.0. The number of benzene rings is 1. The highest BCUT2D eigenvalue weighted by Crippen LogP contribution is 2.39. The molecule has 2 nitrogen and oxygen atoms in total. The Kier molecular flexibility index (Phi) is 4.85. The van der Waals surface area contributed by atoms with Gasteiger partial charge in [-0.1, -0.05) is 43.2 Å². The van der Waals surface area contributed by atoms with Gasteiger partial charge in [0.05, 0.1) is 0 Å². The van der Waals surface area contributed by atoms with Gasteiger partial charge in [0.2, 0.25) is 5.91 Å².